The SMILES string of the molecule is CC1(C)c2ccccc2N(c2nc(-c3ccccc3)cc(-c3ccccc3)n2)c2cc3c(cc21)-c1ccccc1C3(c1ccccc1)c1ccccc1. The lowest BCUT2D eigenvalue weighted by molar-refractivity contribution is 0.630. The molecule has 0 atom stereocenters. The van der Waals surface area contributed by atoms with E-state index in [0.29, 0.717) is 5.95 Å². The van der Waals surface area contributed by atoms with Crippen LogP contribution in [0.1, 0.15) is 47.2 Å². The second kappa shape index (κ2) is 12.0. The van der Waals surface area contributed by atoms with Crippen molar-refractivity contribution in [2.45, 2.75) is 24.7 Å². The van der Waals surface area contributed by atoms with Gasteiger partial charge in [0.05, 0.1) is 28.2 Å². The Bertz CT molecular complexity index is 2530. The first-order valence-corrected chi connectivity index (χ1v) is 18.3. The molecule has 2 aliphatic rings. The van der Waals surface area contributed by atoms with Gasteiger partial charge >= 0.3 is 0 Å². The largest absolute Gasteiger partial charge is 0.279 e. The molecule has 1 aromatic heterocycles. The van der Waals surface area contributed by atoms with Gasteiger partial charge in [0.1, 0.15) is 0 Å². The molecule has 3 heteroatoms. The Morgan fingerprint density at radius 2 is 0.887 bits per heavy atom. The molecular weight excluding hydrogens is 643 g/mol. The van der Waals surface area contributed by atoms with Crippen molar-refractivity contribution < 1.29 is 0 Å². The predicted molar refractivity (Wildman–Crippen MR) is 217 cm³/mol. The van der Waals surface area contributed by atoms with Crippen LogP contribution in [0.5, 0.6) is 0 Å². The minimum absolute atomic E-state index is 0.295. The van der Waals surface area contributed by atoms with Crippen molar-refractivity contribution in [2.75, 3.05) is 4.90 Å². The summed E-state index contributed by atoms with van der Waals surface area (Å²) in [6.07, 6.45) is 0. The van der Waals surface area contributed by atoms with E-state index in [9.17, 15) is 0 Å². The zero-order valence-electron chi connectivity index (χ0n) is 29.7. The summed E-state index contributed by atoms with van der Waals surface area (Å²) in [5.41, 5.74) is 15.3. The van der Waals surface area contributed by atoms with Crippen molar-refractivity contribution in [1.29, 1.82) is 0 Å². The lowest BCUT2D eigenvalue weighted by Gasteiger charge is -2.42. The quantitative estimate of drug-likeness (QED) is 0.181. The van der Waals surface area contributed by atoms with Crippen LogP contribution in [0.15, 0.2) is 188 Å². The second-order valence-corrected chi connectivity index (χ2v) is 14.6. The minimum Gasteiger partial charge on any atom is -0.279 e. The summed E-state index contributed by atoms with van der Waals surface area (Å²) in [6.45, 7) is 4.71. The Balaban J connectivity index is 1.31. The predicted octanol–water partition coefficient (Wildman–Crippen LogP) is 12.3. The minimum atomic E-state index is -0.530. The fraction of sp³-hybridized carbons (Fsp3) is 0.0800. The highest BCUT2D eigenvalue weighted by Gasteiger charge is 2.48. The van der Waals surface area contributed by atoms with Gasteiger partial charge in [0, 0.05) is 16.5 Å². The molecule has 2 heterocycles. The third kappa shape index (κ3) is 4.67. The van der Waals surface area contributed by atoms with Crippen molar-refractivity contribution >= 4 is 17.3 Å². The highest BCUT2D eigenvalue weighted by atomic mass is 15.3. The van der Waals surface area contributed by atoms with Gasteiger partial charge in [0.2, 0.25) is 5.95 Å². The number of para-hydroxylation sites is 1. The normalized spacial score (nSPS) is 14.5. The molecule has 3 nitrogen and oxygen atoms in total. The van der Waals surface area contributed by atoms with Crippen molar-refractivity contribution in [2.24, 2.45) is 0 Å². The van der Waals surface area contributed by atoms with Gasteiger partial charge in [-0.05, 0) is 68.8 Å². The summed E-state index contributed by atoms with van der Waals surface area (Å²) in [5.74, 6) is 0.648. The first-order chi connectivity index (χ1) is 26.0. The molecule has 0 spiro atoms. The summed E-state index contributed by atoms with van der Waals surface area (Å²) >= 11 is 0. The molecule has 0 saturated heterocycles. The summed E-state index contributed by atoms with van der Waals surface area (Å²) in [5, 5.41) is 0. The van der Waals surface area contributed by atoms with Gasteiger partial charge in [-0.2, -0.15) is 0 Å². The van der Waals surface area contributed by atoms with Crippen LogP contribution in [0, 0.1) is 0 Å². The van der Waals surface area contributed by atoms with E-state index < -0.39 is 5.41 Å². The summed E-state index contributed by atoms with van der Waals surface area (Å²) in [4.78, 5) is 13.1. The standard InChI is InChI=1S/C50H37N3/c1-49(2)41-29-17-18-30-46(41)53(48-51-44(34-19-7-3-8-20-34)33-45(52-48)35-21-9-4-10-22-35)47-32-42-39(31-43(47)49)38-27-15-16-28-40(38)50(42,36-23-11-5-12-24-36)37-25-13-6-14-26-37/h3-33H,1-2H3. The number of hydrogen-bond donors (Lipinski definition) is 0. The van der Waals surface area contributed by atoms with Gasteiger partial charge in [-0.3, -0.25) is 4.90 Å². The number of rotatable bonds is 5. The molecule has 0 fully saturated rings. The number of aromatic nitrogens is 2. The van der Waals surface area contributed by atoms with Crippen LogP contribution < -0.4 is 4.90 Å². The molecule has 0 amide bonds. The van der Waals surface area contributed by atoms with Crippen molar-refractivity contribution in [3.8, 4) is 33.6 Å². The summed E-state index contributed by atoms with van der Waals surface area (Å²) in [7, 11) is 0. The molecule has 10 rings (SSSR count). The van der Waals surface area contributed by atoms with E-state index in [1.807, 2.05) is 12.1 Å². The van der Waals surface area contributed by atoms with Crippen molar-refractivity contribution in [3.05, 3.63) is 221 Å². The van der Waals surface area contributed by atoms with Gasteiger partial charge in [0.15, 0.2) is 0 Å². The topological polar surface area (TPSA) is 29.0 Å². The average molecular weight is 680 g/mol. The molecule has 0 bridgehead atoms. The van der Waals surface area contributed by atoms with Crippen LogP contribution in [-0.4, -0.2) is 9.97 Å². The van der Waals surface area contributed by atoms with Gasteiger partial charge in [-0.25, -0.2) is 9.97 Å². The van der Waals surface area contributed by atoms with Crippen LogP contribution in [0.4, 0.5) is 17.3 Å². The highest BCUT2D eigenvalue weighted by Crippen LogP contribution is 2.60. The van der Waals surface area contributed by atoms with E-state index in [0.717, 1.165) is 33.9 Å². The molecule has 1 aliphatic carbocycles. The molecule has 8 aromatic rings. The maximum atomic E-state index is 5.40. The maximum Gasteiger partial charge on any atom is 0.235 e. The van der Waals surface area contributed by atoms with Crippen molar-refractivity contribution in [3.63, 3.8) is 0 Å². The van der Waals surface area contributed by atoms with E-state index in [1.165, 1.54) is 44.5 Å². The van der Waals surface area contributed by atoms with Gasteiger partial charge < -0.3 is 0 Å². The monoisotopic (exact) mass is 679 g/mol. The van der Waals surface area contributed by atoms with E-state index in [4.69, 9.17) is 9.97 Å². The molecule has 0 unspecified atom stereocenters. The van der Waals surface area contributed by atoms with Crippen LogP contribution in [0.25, 0.3) is 33.6 Å². The number of benzene rings is 7. The Hall–Kier alpha value is -6.58. The van der Waals surface area contributed by atoms with Crippen LogP contribution in [-0.2, 0) is 10.8 Å². The molecule has 0 radical (unpaired) electrons. The zero-order valence-corrected chi connectivity index (χ0v) is 29.7. The molecule has 0 saturated carbocycles. The summed E-state index contributed by atoms with van der Waals surface area (Å²) in [6, 6.07) is 67.7. The van der Waals surface area contributed by atoms with Gasteiger partial charge in [-0.1, -0.05) is 178 Å². The lowest BCUT2D eigenvalue weighted by atomic mass is 9.66. The van der Waals surface area contributed by atoms with E-state index in [1.54, 1.807) is 0 Å². The van der Waals surface area contributed by atoms with Crippen LogP contribution in [0.3, 0.4) is 0 Å². The van der Waals surface area contributed by atoms with E-state index in [-0.39, 0.29) is 5.41 Å². The highest BCUT2D eigenvalue weighted by molar-refractivity contribution is 5.93. The number of anilines is 3. The fourth-order valence-corrected chi connectivity index (χ4v) is 8.90. The summed E-state index contributed by atoms with van der Waals surface area (Å²) < 4.78 is 0. The molecular formula is C50H37N3. The van der Waals surface area contributed by atoms with Crippen molar-refractivity contribution in [1.82, 2.24) is 9.97 Å². The zero-order chi connectivity index (χ0) is 35.6. The van der Waals surface area contributed by atoms with Crippen LogP contribution >= 0.6 is 0 Å². The van der Waals surface area contributed by atoms with E-state index >= 15 is 0 Å². The fourth-order valence-electron chi connectivity index (χ4n) is 8.90. The van der Waals surface area contributed by atoms with E-state index in [2.05, 4.69) is 195 Å². The Kier molecular flexibility index (Phi) is 7.06. The average Bonchev–Trinajstić information content (AvgIpc) is 3.52. The molecule has 252 valence electrons. The Morgan fingerprint density at radius 3 is 1.47 bits per heavy atom. The van der Waals surface area contributed by atoms with Crippen LogP contribution in [0.2, 0.25) is 0 Å². The third-order valence-electron chi connectivity index (χ3n) is 11.4. The van der Waals surface area contributed by atoms with Gasteiger partial charge in [-0.15, -0.1) is 0 Å². The molecule has 0 N–H and O–H groups in total. The lowest BCUT2D eigenvalue weighted by Crippen LogP contribution is -2.33. The first-order valence-electron chi connectivity index (χ1n) is 18.3. The first kappa shape index (κ1) is 31.2. The number of fused-ring (bicyclic) bond motifs is 5. The molecule has 1 aliphatic heterocycles. The second-order valence-electron chi connectivity index (χ2n) is 14.6. The molecule has 7 aromatic carbocycles. The molecule has 53 heavy (non-hydrogen) atoms. The van der Waals surface area contributed by atoms with Gasteiger partial charge in [0.25, 0.3) is 0 Å². The number of hydrogen-bond acceptors (Lipinski definition) is 3. The number of nitrogens with zero attached hydrogens (tertiary/aromatic N) is 3. The maximum absolute atomic E-state index is 5.40. The Labute approximate surface area is 310 Å². The Morgan fingerprint density at radius 1 is 0.396 bits per heavy atom. The third-order valence-corrected chi connectivity index (χ3v) is 11.4. The smallest absolute Gasteiger partial charge is 0.235 e.